The van der Waals surface area contributed by atoms with Gasteiger partial charge in [-0.05, 0) is 18.1 Å². The van der Waals surface area contributed by atoms with Gasteiger partial charge in [0.05, 0.1) is 5.69 Å². The molecule has 1 aromatic carbocycles. The molecule has 20 heavy (non-hydrogen) atoms. The van der Waals surface area contributed by atoms with Crippen molar-refractivity contribution in [3.8, 4) is 5.75 Å². The quantitative estimate of drug-likeness (QED) is 0.936. The van der Waals surface area contributed by atoms with E-state index < -0.39 is 5.97 Å². The highest BCUT2D eigenvalue weighted by Gasteiger charge is 2.29. The Bertz CT molecular complexity index is 625. The molecule has 1 unspecified atom stereocenters. The van der Waals surface area contributed by atoms with Crippen molar-refractivity contribution in [1.82, 2.24) is 4.98 Å². The number of aromatic carboxylic acids is 1. The molecule has 104 valence electrons. The Morgan fingerprint density at radius 1 is 1.50 bits per heavy atom. The third kappa shape index (κ3) is 2.29. The predicted molar refractivity (Wildman–Crippen MR) is 76.6 cm³/mol. The second-order valence-corrected chi connectivity index (χ2v) is 5.83. The zero-order valence-electron chi connectivity index (χ0n) is 11.1. The molecule has 4 nitrogen and oxygen atoms in total. The fourth-order valence-corrected chi connectivity index (χ4v) is 3.38. The van der Waals surface area contributed by atoms with Crippen LogP contribution in [0.5, 0.6) is 5.75 Å². The van der Waals surface area contributed by atoms with Gasteiger partial charge >= 0.3 is 5.97 Å². The number of para-hydroxylation sites is 1. The second kappa shape index (κ2) is 5.25. The van der Waals surface area contributed by atoms with E-state index in [1.165, 1.54) is 11.3 Å². The number of benzene rings is 1. The van der Waals surface area contributed by atoms with Gasteiger partial charge < -0.3 is 9.84 Å². The molecule has 1 aliphatic rings. The first-order valence-corrected chi connectivity index (χ1v) is 7.48. The molecule has 0 saturated carbocycles. The lowest BCUT2D eigenvalue weighted by Crippen LogP contribution is -2.03. The van der Waals surface area contributed by atoms with Crippen molar-refractivity contribution < 1.29 is 14.6 Å². The number of rotatable bonds is 4. The first kappa shape index (κ1) is 13.1. The van der Waals surface area contributed by atoms with Crippen molar-refractivity contribution >= 4 is 17.3 Å². The van der Waals surface area contributed by atoms with E-state index in [4.69, 9.17) is 4.74 Å². The molecule has 3 rings (SSSR count). The van der Waals surface area contributed by atoms with Crippen LogP contribution in [0.3, 0.4) is 0 Å². The fraction of sp³-hybridized carbons (Fsp3) is 0.333. The Balaban J connectivity index is 1.89. The van der Waals surface area contributed by atoms with Crippen molar-refractivity contribution in [3.63, 3.8) is 0 Å². The number of ether oxygens (including phenoxy) is 1. The number of thiazole rings is 1. The van der Waals surface area contributed by atoms with Crippen molar-refractivity contribution in [2.24, 2.45) is 0 Å². The third-order valence-corrected chi connectivity index (χ3v) is 4.50. The van der Waals surface area contributed by atoms with Gasteiger partial charge in [0, 0.05) is 6.42 Å². The minimum Gasteiger partial charge on any atom is -0.483 e. The van der Waals surface area contributed by atoms with Crippen LogP contribution in [0.25, 0.3) is 0 Å². The van der Waals surface area contributed by atoms with Crippen LogP contribution >= 0.6 is 11.3 Å². The standard InChI is InChI=1S/C15H15NO3S/c1-2-5-10-13(15(17)18)20-14(16-10)12-8-9-6-3-4-7-11(9)19-12/h3-4,6-7,12H,2,5,8H2,1H3,(H,17,18). The molecular formula is C15H15NO3S. The molecule has 2 heterocycles. The number of carboxylic acids is 1. The molecule has 0 saturated heterocycles. The van der Waals surface area contributed by atoms with Crippen molar-refractivity contribution in [2.45, 2.75) is 32.3 Å². The number of carbonyl (C=O) groups is 1. The molecule has 1 aromatic heterocycles. The fourth-order valence-electron chi connectivity index (χ4n) is 2.40. The maximum absolute atomic E-state index is 11.3. The maximum Gasteiger partial charge on any atom is 0.347 e. The van der Waals surface area contributed by atoms with E-state index in [1.54, 1.807) is 0 Å². The lowest BCUT2D eigenvalue weighted by molar-refractivity contribution is 0.0700. The lowest BCUT2D eigenvalue weighted by Gasteiger charge is -2.06. The Labute approximate surface area is 121 Å². The summed E-state index contributed by atoms with van der Waals surface area (Å²) in [6.45, 7) is 2.02. The largest absolute Gasteiger partial charge is 0.483 e. The number of hydrogen-bond donors (Lipinski definition) is 1. The van der Waals surface area contributed by atoms with Crippen LogP contribution in [-0.2, 0) is 12.8 Å². The van der Waals surface area contributed by atoms with Crippen molar-refractivity contribution in [2.75, 3.05) is 0 Å². The summed E-state index contributed by atoms with van der Waals surface area (Å²) in [5.74, 6) is -0.0191. The van der Waals surface area contributed by atoms with Crippen LogP contribution in [0.15, 0.2) is 24.3 Å². The summed E-state index contributed by atoms with van der Waals surface area (Å²) in [6, 6.07) is 7.90. The molecule has 5 heteroatoms. The summed E-state index contributed by atoms with van der Waals surface area (Å²) in [6.07, 6.45) is 2.18. The van der Waals surface area contributed by atoms with Gasteiger partial charge in [-0.2, -0.15) is 0 Å². The van der Waals surface area contributed by atoms with E-state index in [0.717, 1.165) is 29.2 Å². The van der Waals surface area contributed by atoms with Gasteiger partial charge in [-0.15, -0.1) is 11.3 Å². The van der Waals surface area contributed by atoms with Gasteiger partial charge in [0.1, 0.15) is 15.6 Å². The van der Waals surface area contributed by atoms with Crippen LogP contribution < -0.4 is 4.74 Å². The lowest BCUT2D eigenvalue weighted by atomic mass is 10.1. The molecule has 0 fully saturated rings. The molecule has 0 aliphatic carbocycles. The average molecular weight is 289 g/mol. The number of aryl methyl sites for hydroxylation is 1. The smallest absolute Gasteiger partial charge is 0.347 e. The first-order chi connectivity index (χ1) is 9.69. The van der Waals surface area contributed by atoms with E-state index in [9.17, 15) is 9.90 Å². The summed E-state index contributed by atoms with van der Waals surface area (Å²) in [5, 5.41) is 10.0. The molecule has 0 spiro atoms. The van der Waals surface area contributed by atoms with E-state index in [-0.39, 0.29) is 6.10 Å². The highest BCUT2D eigenvalue weighted by atomic mass is 32.1. The molecule has 0 bridgehead atoms. The van der Waals surface area contributed by atoms with Gasteiger partial charge in [-0.25, -0.2) is 9.78 Å². The SMILES string of the molecule is CCCc1nc(C2Cc3ccccc3O2)sc1C(=O)O. The normalized spacial score (nSPS) is 16.8. The van der Waals surface area contributed by atoms with Gasteiger partial charge in [0.15, 0.2) is 6.10 Å². The number of aromatic nitrogens is 1. The first-order valence-electron chi connectivity index (χ1n) is 6.66. The molecule has 0 amide bonds. The van der Waals surface area contributed by atoms with E-state index in [0.29, 0.717) is 17.0 Å². The Hall–Kier alpha value is -1.88. The van der Waals surface area contributed by atoms with Crippen LogP contribution in [-0.4, -0.2) is 16.1 Å². The van der Waals surface area contributed by atoms with Crippen molar-refractivity contribution in [1.29, 1.82) is 0 Å². The Kier molecular flexibility index (Phi) is 3.44. The van der Waals surface area contributed by atoms with Gasteiger partial charge in [0.25, 0.3) is 0 Å². The van der Waals surface area contributed by atoms with Crippen LogP contribution in [0.4, 0.5) is 0 Å². The third-order valence-electron chi connectivity index (χ3n) is 3.32. The molecule has 1 atom stereocenters. The minimum absolute atomic E-state index is 0.152. The predicted octanol–water partition coefficient (Wildman–Crippen LogP) is 3.47. The van der Waals surface area contributed by atoms with Crippen LogP contribution in [0, 0.1) is 0 Å². The van der Waals surface area contributed by atoms with E-state index in [1.807, 2.05) is 31.2 Å². The summed E-state index contributed by atoms with van der Waals surface area (Å²) >= 11 is 1.24. The second-order valence-electron chi connectivity index (χ2n) is 4.80. The molecule has 1 aliphatic heterocycles. The molecular weight excluding hydrogens is 274 g/mol. The highest BCUT2D eigenvalue weighted by molar-refractivity contribution is 7.13. The topological polar surface area (TPSA) is 59.4 Å². The molecule has 1 N–H and O–H groups in total. The molecule has 2 aromatic rings. The summed E-state index contributed by atoms with van der Waals surface area (Å²) in [5.41, 5.74) is 1.83. The number of hydrogen-bond acceptors (Lipinski definition) is 4. The van der Waals surface area contributed by atoms with Gasteiger partial charge in [-0.3, -0.25) is 0 Å². The zero-order valence-corrected chi connectivity index (χ0v) is 11.9. The Morgan fingerprint density at radius 3 is 3.00 bits per heavy atom. The van der Waals surface area contributed by atoms with Crippen LogP contribution in [0.1, 0.15) is 45.4 Å². The monoisotopic (exact) mass is 289 g/mol. The number of fused-ring (bicyclic) bond motifs is 1. The van der Waals surface area contributed by atoms with Gasteiger partial charge in [-0.1, -0.05) is 31.5 Å². The summed E-state index contributed by atoms with van der Waals surface area (Å²) in [7, 11) is 0. The molecule has 0 radical (unpaired) electrons. The summed E-state index contributed by atoms with van der Waals surface area (Å²) < 4.78 is 5.87. The zero-order chi connectivity index (χ0) is 14.1. The van der Waals surface area contributed by atoms with Gasteiger partial charge in [0.2, 0.25) is 0 Å². The summed E-state index contributed by atoms with van der Waals surface area (Å²) in [4.78, 5) is 16.1. The van der Waals surface area contributed by atoms with E-state index >= 15 is 0 Å². The highest BCUT2D eigenvalue weighted by Crippen LogP contribution is 2.38. The van der Waals surface area contributed by atoms with E-state index in [2.05, 4.69) is 4.98 Å². The number of carboxylic acid groups (broad SMARTS) is 1. The number of nitrogens with zero attached hydrogens (tertiary/aromatic N) is 1. The van der Waals surface area contributed by atoms with Crippen molar-refractivity contribution in [3.05, 3.63) is 45.4 Å². The Morgan fingerprint density at radius 2 is 2.30 bits per heavy atom. The average Bonchev–Trinajstić information content (AvgIpc) is 3.02. The minimum atomic E-state index is -0.896. The maximum atomic E-state index is 11.3. The van der Waals surface area contributed by atoms with Crippen LogP contribution in [0.2, 0.25) is 0 Å².